The summed E-state index contributed by atoms with van der Waals surface area (Å²) in [5.41, 5.74) is 4.73. The maximum Gasteiger partial charge on any atom is 0.164 e. The van der Waals surface area contributed by atoms with Crippen molar-refractivity contribution in [2.24, 2.45) is 0 Å². The predicted molar refractivity (Wildman–Crippen MR) is 82.9 cm³/mol. The van der Waals surface area contributed by atoms with Crippen LogP contribution in [-0.2, 0) is 5.88 Å². The van der Waals surface area contributed by atoms with E-state index in [1.807, 2.05) is 42.7 Å². The van der Waals surface area contributed by atoms with E-state index in [9.17, 15) is 0 Å². The lowest BCUT2D eigenvalue weighted by atomic mass is 10.2. The molecule has 0 saturated carbocycles. The number of fused-ring (bicyclic) bond motifs is 1. The average molecular weight is 306 g/mol. The van der Waals surface area contributed by atoms with Crippen LogP contribution in [0.1, 0.15) is 17.0 Å². The Labute approximate surface area is 127 Å². The third-order valence-electron chi connectivity index (χ3n) is 3.35. The lowest BCUT2D eigenvalue weighted by Gasteiger charge is -2.08. The van der Waals surface area contributed by atoms with E-state index in [2.05, 4.69) is 9.97 Å². The van der Waals surface area contributed by atoms with E-state index in [1.165, 1.54) is 0 Å². The molecule has 0 saturated heterocycles. The molecule has 102 valence electrons. The number of hydrogen-bond donors (Lipinski definition) is 0. The number of pyridine rings is 1. The first-order valence-electron chi connectivity index (χ1n) is 6.27. The van der Waals surface area contributed by atoms with Crippen molar-refractivity contribution < 1.29 is 0 Å². The molecule has 0 unspecified atom stereocenters. The second-order valence-corrected chi connectivity index (χ2v) is 5.41. The summed E-state index contributed by atoms with van der Waals surface area (Å²) >= 11 is 12.3. The van der Waals surface area contributed by atoms with Gasteiger partial charge in [-0.1, -0.05) is 17.7 Å². The highest BCUT2D eigenvalue weighted by atomic mass is 35.5. The van der Waals surface area contributed by atoms with Crippen LogP contribution in [0.2, 0.25) is 5.02 Å². The molecule has 0 N–H and O–H groups in total. The summed E-state index contributed by atoms with van der Waals surface area (Å²) in [6.45, 7) is 3.99. The third-order valence-corrected chi connectivity index (χ3v) is 4.00. The summed E-state index contributed by atoms with van der Waals surface area (Å²) in [4.78, 5) is 9.02. The zero-order valence-electron chi connectivity index (χ0n) is 11.2. The molecule has 2 aromatic heterocycles. The molecule has 3 nitrogen and oxygen atoms in total. The van der Waals surface area contributed by atoms with Crippen LogP contribution >= 0.6 is 23.2 Å². The summed E-state index contributed by atoms with van der Waals surface area (Å²) in [5, 5.41) is 0.720. The fourth-order valence-electron chi connectivity index (χ4n) is 2.22. The van der Waals surface area contributed by atoms with Gasteiger partial charge in [0.2, 0.25) is 0 Å². The van der Waals surface area contributed by atoms with Gasteiger partial charge < -0.3 is 0 Å². The van der Waals surface area contributed by atoms with Gasteiger partial charge in [0.1, 0.15) is 11.3 Å². The number of rotatable bonds is 2. The summed E-state index contributed by atoms with van der Waals surface area (Å²) < 4.78 is 1.96. The van der Waals surface area contributed by atoms with E-state index in [0.717, 1.165) is 38.8 Å². The molecule has 3 rings (SSSR count). The summed E-state index contributed by atoms with van der Waals surface area (Å²) in [7, 11) is 0. The van der Waals surface area contributed by atoms with Gasteiger partial charge in [-0.15, -0.1) is 11.6 Å². The van der Waals surface area contributed by atoms with E-state index < -0.39 is 0 Å². The minimum absolute atomic E-state index is 0.321. The largest absolute Gasteiger partial charge is 0.280 e. The van der Waals surface area contributed by atoms with Crippen molar-refractivity contribution in [3.8, 4) is 5.69 Å². The van der Waals surface area contributed by atoms with Gasteiger partial charge in [0.25, 0.3) is 0 Å². The summed E-state index contributed by atoms with van der Waals surface area (Å²) in [5.74, 6) is 1.09. The number of aryl methyl sites for hydroxylation is 2. The Morgan fingerprint density at radius 2 is 1.95 bits per heavy atom. The normalized spacial score (nSPS) is 11.2. The minimum atomic E-state index is 0.321. The van der Waals surface area contributed by atoms with E-state index >= 15 is 0 Å². The maximum absolute atomic E-state index is 6.22. The van der Waals surface area contributed by atoms with Gasteiger partial charge in [0.05, 0.1) is 11.6 Å². The van der Waals surface area contributed by atoms with Crippen LogP contribution in [0.3, 0.4) is 0 Å². The molecule has 1 aromatic carbocycles. The number of alkyl halides is 1. The van der Waals surface area contributed by atoms with Crippen molar-refractivity contribution in [2.75, 3.05) is 0 Å². The van der Waals surface area contributed by atoms with Gasteiger partial charge in [-0.05, 0) is 43.2 Å². The van der Waals surface area contributed by atoms with Crippen LogP contribution < -0.4 is 0 Å². The molecule has 2 heterocycles. The van der Waals surface area contributed by atoms with Crippen LogP contribution in [0.15, 0.2) is 30.5 Å². The lowest BCUT2D eigenvalue weighted by molar-refractivity contribution is 0.969. The molecule has 0 spiro atoms. The molecule has 0 aliphatic heterocycles. The number of hydrogen-bond acceptors (Lipinski definition) is 2. The number of imidazole rings is 1. The van der Waals surface area contributed by atoms with Crippen molar-refractivity contribution in [1.82, 2.24) is 14.5 Å². The number of halogens is 2. The van der Waals surface area contributed by atoms with Gasteiger partial charge >= 0.3 is 0 Å². The van der Waals surface area contributed by atoms with Gasteiger partial charge in [0, 0.05) is 11.2 Å². The van der Waals surface area contributed by atoms with Gasteiger partial charge in [-0.2, -0.15) is 0 Å². The highest BCUT2D eigenvalue weighted by Gasteiger charge is 2.14. The molecular weight excluding hydrogens is 293 g/mol. The van der Waals surface area contributed by atoms with Crippen molar-refractivity contribution >= 4 is 34.4 Å². The van der Waals surface area contributed by atoms with Crippen LogP contribution in [0, 0.1) is 13.8 Å². The van der Waals surface area contributed by atoms with Crippen LogP contribution in [0.25, 0.3) is 16.9 Å². The van der Waals surface area contributed by atoms with Crippen molar-refractivity contribution in [2.45, 2.75) is 19.7 Å². The molecule has 0 aliphatic carbocycles. The molecule has 0 amide bonds. The second-order valence-electron chi connectivity index (χ2n) is 4.73. The zero-order valence-corrected chi connectivity index (χ0v) is 12.7. The Kier molecular flexibility index (Phi) is 3.40. The van der Waals surface area contributed by atoms with E-state index in [1.54, 1.807) is 6.20 Å². The molecule has 20 heavy (non-hydrogen) atoms. The molecule has 5 heteroatoms. The molecule has 0 radical (unpaired) electrons. The molecule has 0 fully saturated rings. The number of benzene rings is 1. The predicted octanol–water partition coefficient (Wildman–Crippen LogP) is 4.43. The van der Waals surface area contributed by atoms with Gasteiger partial charge in [-0.3, -0.25) is 4.57 Å². The number of nitrogens with zero attached hydrogens (tertiary/aromatic N) is 3. The first-order valence-corrected chi connectivity index (χ1v) is 7.18. The highest BCUT2D eigenvalue weighted by Crippen LogP contribution is 2.26. The molecule has 0 bridgehead atoms. The molecular formula is C15H13Cl2N3. The van der Waals surface area contributed by atoms with Crippen molar-refractivity contribution in [3.63, 3.8) is 0 Å². The van der Waals surface area contributed by atoms with Crippen LogP contribution in [0.4, 0.5) is 0 Å². The summed E-state index contributed by atoms with van der Waals surface area (Å²) in [6.07, 6.45) is 1.78. The Balaban J connectivity index is 2.34. The first kappa shape index (κ1) is 13.4. The molecule has 0 aliphatic rings. The van der Waals surface area contributed by atoms with E-state index in [-0.39, 0.29) is 0 Å². The smallest absolute Gasteiger partial charge is 0.164 e. The summed E-state index contributed by atoms with van der Waals surface area (Å²) in [6, 6.07) is 7.84. The van der Waals surface area contributed by atoms with Crippen molar-refractivity contribution in [3.05, 3.63) is 52.4 Å². The Bertz CT molecular complexity index is 793. The zero-order chi connectivity index (χ0) is 14.3. The van der Waals surface area contributed by atoms with E-state index in [0.29, 0.717) is 5.88 Å². The fourth-order valence-corrected chi connectivity index (χ4v) is 2.58. The van der Waals surface area contributed by atoms with Crippen molar-refractivity contribution in [1.29, 1.82) is 0 Å². The molecule has 3 aromatic rings. The lowest BCUT2D eigenvalue weighted by Crippen LogP contribution is -2.00. The number of aromatic nitrogens is 3. The standard InChI is InChI=1S/C15H13Cl2N3/c1-9-3-4-11(7-12(9)17)20-13(8-16)19-14-10(2)5-6-18-15(14)20/h3-7H,8H2,1-2H3. The van der Waals surface area contributed by atoms with Gasteiger partial charge in [-0.25, -0.2) is 9.97 Å². The molecule has 0 atom stereocenters. The van der Waals surface area contributed by atoms with E-state index in [4.69, 9.17) is 23.2 Å². The monoisotopic (exact) mass is 305 g/mol. The van der Waals surface area contributed by atoms with Crippen LogP contribution in [-0.4, -0.2) is 14.5 Å². The third kappa shape index (κ3) is 2.07. The minimum Gasteiger partial charge on any atom is -0.280 e. The Morgan fingerprint density at radius 1 is 1.15 bits per heavy atom. The Hall–Kier alpha value is -1.58. The quantitative estimate of drug-likeness (QED) is 0.656. The average Bonchev–Trinajstić information content (AvgIpc) is 2.82. The fraction of sp³-hybridized carbons (Fsp3) is 0.200. The topological polar surface area (TPSA) is 30.7 Å². The Morgan fingerprint density at radius 3 is 2.65 bits per heavy atom. The van der Waals surface area contributed by atoms with Crippen LogP contribution in [0.5, 0.6) is 0 Å². The maximum atomic E-state index is 6.22. The second kappa shape index (κ2) is 5.08. The highest BCUT2D eigenvalue weighted by molar-refractivity contribution is 6.31. The van der Waals surface area contributed by atoms with Gasteiger partial charge in [0.15, 0.2) is 5.65 Å². The first-order chi connectivity index (χ1) is 9.61. The SMILES string of the molecule is Cc1ccc(-n2c(CCl)nc3c(C)ccnc32)cc1Cl.